The van der Waals surface area contributed by atoms with Gasteiger partial charge in [-0.3, -0.25) is 0 Å². The third-order valence-electron chi connectivity index (χ3n) is 1.71. The van der Waals surface area contributed by atoms with Crippen LogP contribution in [-0.4, -0.2) is 0 Å². The van der Waals surface area contributed by atoms with Gasteiger partial charge in [0, 0.05) is 15.2 Å². The van der Waals surface area contributed by atoms with Crippen LogP contribution in [0.4, 0.5) is 0 Å². The number of rotatable bonds is 2. The minimum atomic E-state index is 0.708. The molecule has 0 atom stereocenters. The van der Waals surface area contributed by atoms with E-state index in [4.69, 9.17) is 5.26 Å². The number of thiophene rings is 1. The van der Waals surface area contributed by atoms with Crippen LogP contribution in [-0.2, 0) is 0 Å². The minimum Gasteiger partial charge on any atom is -0.192 e. The largest absolute Gasteiger partial charge is 0.192 e. The van der Waals surface area contributed by atoms with Gasteiger partial charge in [0.1, 0.15) is 0 Å². The third kappa shape index (κ3) is 2.16. The molecule has 3 heteroatoms. The van der Waals surface area contributed by atoms with Gasteiger partial charge in [0.25, 0.3) is 0 Å². The van der Waals surface area contributed by atoms with Crippen LogP contribution in [0.5, 0.6) is 0 Å². The first kappa shape index (κ1) is 9.32. The molecule has 0 N–H and O–H groups in total. The molecular weight excluding hydrogens is 210 g/mol. The molecule has 1 nitrogen and oxygen atoms in total. The molecule has 0 unspecified atom stereocenters. The van der Waals surface area contributed by atoms with E-state index in [9.17, 15) is 0 Å². The molecular formula is C11H7NS2. The molecule has 68 valence electrons. The van der Waals surface area contributed by atoms with Crippen LogP contribution < -0.4 is 0 Å². The van der Waals surface area contributed by atoms with Gasteiger partial charge in [-0.2, -0.15) is 16.6 Å². The summed E-state index contributed by atoms with van der Waals surface area (Å²) in [6.07, 6.45) is 0. The Morgan fingerprint density at radius 1 is 1.07 bits per heavy atom. The smallest absolute Gasteiger partial charge is 0.0991 e. The van der Waals surface area contributed by atoms with Gasteiger partial charge in [0.15, 0.2) is 0 Å². The van der Waals surface area contributed by atoms with Crippen molar-refractivity contribution in [1.29, 1.82) is 5.26 Å². The topological polar surface area (TPSA) is 23.8 Å². The number of benzene rings is 1. The fraction of sp³-hybridized carbons (Fsp3) is 0. The maximum Gasteiger partial charge on any atom is 0.0991 e. The van der Waals surface area contributed by atoms with Gasteiger partial charge in [-0.05, 0) is 35.7 Å². The zero-order valence-corrected chi connectivity index (χ0v) is 8.94. The molecule has 0 fully saturated rings. The van der Waals surface area contributed by atoms with Gasteiger partial charge >= 0.3 is 0 Å². The fourth-order valence-corrected chi connectivity index (χ4v) is 2.69. The third-order valence-corrected chi connectivity index (χ3v) is 3.54. The monoisotopic (exact) mass is 217 g/mol. The lowest BCUT2D eigenvalue weighted by Crippen LogP contribution is -1.73. The van der Waals surface area contributed by atoms with Crippen LogP contribution in [0.25, 0.3) is 0 Å². The van der Waals surface area contributed by atoms with Crippen molar-refractivity contribution in [2.24, 2.45) is 0 Å². The second kappa shape index (κ2) is 4.32. The predicted octanol–water partition coefficient (Wildman–Crippen LogP) is 3.77. The van der Waals surface area contributed by atoms with Crippen LogP contribution in [0.3, 0.4) is 0 Å². The maximum atomic E-state index is 8.63. The molecule has 0 amide bonds. The minimum absolute atomic E-state index is 0.708. The Morgan fingerprint density at radius 3 is 2.43 bits per heavy atom. The van der Waals surface area contributed by atoms with Crippen molar-refractivity contribution >= 4 is 23.1 Å². The Balaban J connectivity index is 2.15. The summed E-state index contributed by atoms with van der Waals surface area (Å²) < 4.78 is 0. The van der Waals surface area contributed by atoms with Crippen LogP contribution in [0.15, 0.2) is 50.9 Å². The second-order valence-electron chi connectivity index (χ2n) is 2.70. The standard InChI is InChI=1S/C11H7NS2/c12-7-9-1-3-10(4-2-9)14-11-5-6-13-8-11/h1-6,8H. The lowest BCUT2D eigenvalue weighted by atomic mass is 10.2. The summed E-state index contributed by atoms with van der Waals surface area (Å²) in [5.41, 5.74) is 0.708. The number of hydrogen-bond donors (Lipinski definition) is 0. The first-order chi connectivity index (χ1) is 6.88. The highest BCUT2D eigenvalue weighted by Crippen LogP contribution is 2.29. The van der Waals surface area contributed by atoms with Crippen molar-refractivity contribution in [3.05, 3.63) is 46.7 Å². The molecule has 0 aliphatic heterocycles. The van der Waals surface area contributed by atoms with Gasteiger partial charge in [0.05, 0.1) is 11.6 Å². The molecule has 0 radical (unpaired) electrons. The van der Waals surface area contributed by atoms with Gasteiger partial charge in [-0.25, -0.2) is 0 Å². The zero-order valence-electron chi connectivity index (χ0n) is 7.31. The first-order valence-corrected chi connectivity index (χ1v) is 5.84. The van der Waals surface area contributed by atoms with Gasteiger partial charge in [0.2, 0.25) is 0 Å². The van der Waals surface area contributed by atoms with Crippen LogP contribution in [0, 0.1) is 11.3 Å². The van der Waals surface area contributed by atoms with Crippen LogP contribution >= 0.6 is 23.1 Å². The van der Waals surface area contributed by atoms with Gasteiger partial charge in [-0.15, -0.1) is 0 Å². The van der Waals surface area contributed by atoms with Crippen LogP contribution in [0.2, 0.25) is 0 Å². The van der Waals surface area contributed by atoms with E-state index >= 15 is 0 Å². The average Bonchev–Trinajstić information content (AvgIpc) is 2.72. The summed E-state index contributed by atoms with van der Waals surface area (Å²) in [5, 5.41) is 12.8. The first-order valence-electron chi connectivity index (χ1n) is 4.09. The number of nitrogens with zero attached hydrogens (tertiary/aromatic N) is 1. The molecule has 2 aromatic rings. The second-order valence-corrected chi connectivity index (χ2v) is 4.62. The van der Waals surface area contributed by atoms with Crippen molar-refractivity contribution in [3.63, 3.8) is 0 Å². The Kier molecular flexibility index (Phi) is 2.87. The average molecular weight is 217 g/mol. The van der Waals surface area contributed by atoms with Crippen molar-refractivity contribution in [3.8, 4) is 6.07 Å². The van der Waals surface area contributed by atoms with E-state index in [1.807, 2.05) is 24.3 Å². The van der Waals surface area contributed by atoms with Crippen molar-refractivity contribution in [1.82, 2.24) is 0 Å². The summed E-state index contributed by atoms with van der Waals surface area (Å²) in [6, 6.07) is 11.8. The van der Waals surface area contributed by atoms with Crippen molar-refractivity contribution in [2.75, 3.05) is 0 Å². The van der Waals surface area contributed by atoms with E-state index in [1.54, 1.807) is 23.1 Å². The van der Waals surface area contributed by atoms with E-state index in [-0.39, 0.29) is 0 Å². The Hall–Kier alpha value is -1.24. The Morgan fingerprint density at radius 2 is 1.86 bits per heavy atom. The Bertz CT molecular complexity index is 437. The quantitative estimate of drug-likeness (QED) is 0.764. The summed E-state index contributed by atoms with van der Waals surface area (Å²) in [6.45, 7) is 0. The van der Waals surface area contributed by atoms with E-state index in [2.05, 4.69) is 22.9 Å². The van der Waals surface area contributed by atoms with E-state index in [0.717, 1.165) is 0 Å². The highest BCUT2D eigenvalue weighted by Gasteiger charge is 1.97. The molecule has 1 aromatic heterocycles. The lowest BCUT2D eigenvalue weighted by Gasteiger charge is -1.97. The Labute approximate surface area is 91.0 Å². The summed E-state index contributed by atoms with van der Waals surface area (Å²) in [4.78, 5) is 2.42. The van der Waals surface area contributed by atoms with Crippen molar-refractivity contribution in [2.45, 2.75) is 9.79 Å². The maximum absolute atomic E-state index is 8.63. The molecule has 1 heterocycles. The van der Waals surface area contributed by atoms with E-state index in [1.165, 1.54) is 9.79 Å². The van der Waals surface area contributed by atoms with Crippen LogP contribution in [0.1, 0.15) is 5.56 Å². The summed E-state index contributed by atoms with van der Waals surface area (Å²) in [5.74, 6) is 0. The molecule has 0 bridgehead atoms. The fourth-order valence-electron chi connectivity index (χ4n) is 1.04. The highest BCUT2D eigenvalue weighted by molar-refractivity contribution is 7.99. The van der Waals surface area contributed by atoms with Crippen molar-refractivity contribution < 1.29 is 0 Å². The molecule has 0 saturated carbocycles. The normalized spacial score (nSPS) is 9.64. The highest BCUT2D eigenvalue weighted by atomic mass is 32.2. The molecule has 0 aliphatic carbocycles. The molecule has 0 saturated heterocycles. The molecule has 0 spiro atoms. The molecule has 14 heavy (non-hydrogen) atoms. The van der Waals surface area contributed by atoms with Gasteiger partial charge in [-0.1, -0.05) is 11.8 Å². The van der Waals surface area contributed by atoms with E-state index in [0.29, 0.717) is 5.56 Å². The molecule has 2 rings (SSSR count). The van der Waals surface area contributed by atoms with Gasteiger partial charge < -0.3 is 0 Å². The van der Waals surface area contributed by atoms with E-state index < -0.39 is 0 Å². The lowest BCUT2D eigenvalue weighted by molar-refractivity contribution is 1.40. The summed E-state index contributed by atoms with van der Waals surface area (Å²) >= 11 is 3.41. The molecule has 0 aliphatic rings. The zero-order chi connectivity index (χ0) is 9.80. The SMILES string of the molecule is N#Cc1ccc(Sc2ccsc2)cc1. The number of nitriles is 1. The number of hydrogen-bond acceptors (Lipinski definition) is 3. The predicted molar refractivity (Wildman–Crippen MR) is 59.6 cm³/mol. The summed E-state index contributed by atoms with van der Waals surface area (Å²) in [7, 11) is 0. The molecule has 1 aromatic carbocycles.